The number of amides is 3. The maximum absolute atomic E-state index is 12.9. The number of carbonyl (C=O) groups is 3. The van der Waals surface area contributed by atoms with Crippen molar-refractivity contribution in [1.82, 2.24) is 0 Å². The summed E-state index contributed by atoms with van der Waals surface area (Å²) in [5, 5.41) is 5.66. The standard InChI is InChI=1S/C27H25N3O6/c1-34-22-5-3-2-4-21(22)29-26(32)17-6-8-19(9-7-17)28-27(33)18-14-25(31)30(16-18)20-10-11-23-24(15-20)36-13-12-35-23/h2-11,15,18H,12-14,16H2,1H3,(H,28,33)(H,29,32)/t18-/m1/s1. The molecule has 0 aromatic heterocycles. The molecule has 0 saturated carbocycles. The Balaban J connectivity index is 1.20. The molecule has 9 nitrogen and oxygen atoms in total. The Morgan fingerprint density at radius 3 is 2.47 bits per heavy atom. The van der Waals surface area contributed by atoms with E-state index in [1.165, 1.54) is 7.11 Å². The Morgan fingerprint density at radius 2 is 1.69 bits per heavy atom. The third-order valence-electron chi connectivity index (χ3n) is 6.10. The van der Waals surface area contributed by atoms with Gasteiger partial charge in [-0.3, -0.25) is 14.4 Å². The number of anilines is 3. The molecule has 9 heteroatoms. The number of hydrogen-bond donors (Lipinski definition) is 2. The van der Waals surface area contributed by atoms with Crippen molar-refractivity contribution < 1.29 is 28.6 Å². The average Bonchev–Trinajstić information content (AvgIpc) is 3.30. The fourth-order valence-corrected chi connectivity index (χ4v) is 4.22. The Bertz CT molecular complexity index is 1310. The molecule has 0 radical (unpaired) electrons. The van der Waals surface area contributed by atoms with Crippen LogP contribution in [-0.2, 0) is 9.59 Å². The first kappa shape index (κ1) is 23.2. The zero-order chi connectivity index (χ0) is 25.1. The predicted molar refractivity (Wildman–Crippen MR) is 134 cm³/mol. The zero-order valence-electron chi connectivity index (χ0n) is 19.7. The second kappa shape index (κ2) is 9.99. The van der Waals surface area contributed by atoms with Crippen molar-refractivity contribution in [3.63, 3.8) is 0 Å². The quantitative estimate of drug-likeness (QED) is 0.549. The Kier molecular flexibility index (Phi) is 6.44. The van der Waals surface area contributed by atoms with Crippen molar-refractivity contribution in [2.75, 3.05) is 42.4 Å². The Morgan fingerprint density at radius 1 is 0.944 bits per heavy atom. The SMILES string of the molecule is COc1ccccc1NC(=O)c1ccc(NC(=O)[C@@H]2CC(=O)N(c3ccc4c(c3)OCCO4)C2)cc1. The molecule has 3 aromatic carbocycles. The normalized spacial score (nSPS) is 16.4. The largest absolute Gasteiger partial charge is 0.495 e. The summed E-state index contributed by atoms with van der Waals surface area (Å²) in [4.78, 5) is 39.7. The number of nitrogens with one attached hydrogen (secondary N) is 2. The smallest absolute Gasteiger partial charge is 0.255 e. The second-order valence-electron chi connectivity index (χ2n) is 8.45. The molecule has 184 valence electrons. The fraction of sp³-hybridized carbons (Fsp3) is 0.222. The van der Waals surface area contributed by atoms with Gasteiger partial charge in [-0.15, -0.1) is 0 Å². The number of rotatable bonds is 6. The molecule has 2 heterocycles. The van der Waals surface area contributed by atoms with E-state index >= 15 is 0 Å². The second-order valence-corrected chi connectivity index (χ2v) is 8.45. The van der Waals surface area contributed by atoms with E-state index in [9.17, 15) is 14.4 Å². The van der Waals surface area contributed by atoms with Gasteiger partial charge in [0.25, 0.3) is 5.91 Å². The number of methoxy groups -OCH3 is 1. The molecule has 5 rings (SSSR count). The molecule has 0 unspecified atom stereocenters. The highest BCUT2D eigenvalue weighted by Gasteiger charge is 2.35. The van der Waals surface area contributed by atoms with E-state index in [1.807, 2.05) is 6.07 Å². The van der Waals surface area contributed by atoms with Crippen LogP contribution in [0, 0.1) is 5.92 Å². The van der Waals surface area contributed by atoms with Crippen LogP contribution in [0.1, 0.15) is 16.8 Å². The van der Waals surface area contributed by atoms with Crippen molar-refractivity contribution in [2.24, 2.45) is 5.92 Å². The van der Waals surface area contributed by atoms with Crippen molar-refractivity contribution in [2.45, 2.75) is 6.42 Å². The Labute approximate surface area is 208 Å². The summed E-state index contributed by atoms with van der Waals surface area (Å²) in [6, 6.07) is 19.0. The van der Waals surface area contributed by atoms with E-state index in [0.29, 0.717) is 53.1 Å². The molecule has 2 aliphatic rings. The van der Waals surface area contributed by atoms with Gasteiger partial charge in [0.05, 0.1) is 18.7 Å². The topological polar surface area (TPSA) is 106 Å². The predicted octanol–water partition coefficient (Wildman–Crippen LogP) is 3.71. The fourth-order valence-electron chi connectivity index (χ4n) is 4.22. The van der Waals surface area contributed by atoms with Gasteiger partial charge in [-0.2, -0.15) is 0 Å². The van der Waals surface area contributed by atoms with Crippen LogP contribution < -0.4 is 29.7 Å². The van der Waals surface area contributed by atoms with Gasteiger partial charge in [0.15, 0.2) is 11.5 Å². The minimum atomic E-state index is -0.501. The van der Waals surface area contributed by atoms with Gasteiger partial charge < -0.3 is 29.7 Å². The van der Waals surface area contributed by atoms with Crippen molar-refractivity contribution in [3.05, 3.63) is 72.3 Å². The first-order valence-corrected chi connectivity index (χ1v) is 11.6. The molecule has 0 aliphatic carbocycles. The molecule has 3 aromatic rings. The van der Waals surface area contributed by atoms with E-state index < -0.39 is 5.92 Å². The monoisotopic (exact) mass is 487 g/mol. The van der Waals surface area contributed by atoms with Crippen LogP contribution in [0.15, 0.2) is 66.7 Å². The van der Waals surface area contributed by atoms with E-state index in [-0.39, 0.29) is 30.7 Å². The summed E-state index contributed by atoms with van der Waals surface area (Å²) >= 11 is 0. The van der Waals surface area contributed by atoms with Gasteiger partial charge in [0.1, 0.15) is 19.0 Å². The van der Waals surface area contributed by atoms with Gasteiger partial charge in [0, 0.05) is 36.0 Å². The van der Waals surface area contributed by atoms with Gasteiger partial charge in [-0.1, -0.05) is 12.1 Å². The molecule has 1 saturated heterocycles. The lowest BCUT2D eigenvalue weighted by Gasteiger charge is -2.22. The summed E-state index contributed by atoms with van der Waals surface area (Å²) in [7, 11) is 1.54. The third kappa shape index (κ3) is 4.81. The van der Waals surface area contributed by atoms with Gasteiger partial charge in [-0.25, -0.2) is 0 Å². The van der Waals surface area contributed by atoms with Gasteiger partial charge in [-0.05, 0) is 48.5 Å². The van der Waals surface area contributed by atoms with Crippen LogP contribution >= 0.6 is 0 Å². The maximum atomic E-state index is 12.9. The highest BCUT2D eigenvalue weighted by atomic mass is 16.6. The lowest BCUT2D eigenvalue weighted by atomic mass is 10.1. The highest BCUT2D eigenvalue weighted by Crippen LogP contribution is 2.36. The minimum Gasteiger partial charge on any atom is -0.495 e. The van der Waals surface area contributed by atoms with E-state index in [0.717, 1.165) is 0 Å². The summed E-state index contributed by atoms with van der Waals surface area (Å²) < 4.78 is 16.4. The van der Waals surface area contributed by atoms with Crippen LogP contribution in [0.2, 0.25) is 0 Å². The van der Waals surface area contributed by atoms with Crippen molar-refractivity contribution in [1.29, 1.82) is 0 Å². The number of para-hydroxylation sites is 2. The number of benzene rings is 3. The summed E-state index contributed by atoms with van der Waals surface area (Å²) in [5.74, 6) is 0.615. The molecule has 2 N–H and O–H groups in total. The number of fused-ring (bicyclic) bond motifs is 1. The number of carbonyl (C=O) groups excluding carboxylic acids is 3. The van der Waals surface area contributed by atoms with E-state index in [4.69, 9.17) is 14.2 Å². The van der Waals surface area contributed by atoms with Gasteiger partial charge in [0.2, 0.25) is 11.8 Å². The molecule has 1 fully saturated rings. The van der Waals surface area contributed by atoms with Crippen LogP contribution in [0.3, 0.4) is 0 Å². The lowest BCUT2D eigenvalue weighted by molar-refractivity contribution is -0.122. The van der Waals surface area contributed by atoms with Crippen LogP contribution in [-0.4, -0.2) is 44.6 Å². The molecule has 3 amide bonds. The van der Waals surface area contributed by atoms with Crippen molar-refractivity contribution in [3.8, 4) is 17.2 Å². The number of hydrogen-bond acceptors (Lipinski definition) is 6. The van der Waals surface area contributed by atoms with E-state index in [1.54, 1.807) is 65.6 Å². The minimum absolute atomic E-state index is 0.111. The molecule has 1 atom stereocenters. The molecular weight excluding hydrogens is 462 g/mol. The Hall–Kier alpha value is -4.53. The summed E-state index contributed by atoms with van der Waals surface area (Å²) in [6.07, 6.45) is 0.111. The summed E-state index contributed by atoms with van der Waals surface area (Å²) in [5.41, 5.74) is 2.21. The number of nitrogens with zero attached hydrogens (tertiary/aromatic N) is 1. The zero-order valence-corrected chi connectivity index (χ0v) is 19.7. The first-order chi connectivity index (χ1) is 17.5. The lowest BCUT2D eigenvalue weighted by Crippen LogP contribution is -2.28. The van der Waals surface area contributed by atoms with Crippen LogP contribution in [0.5, 0.6) is 17.2 Å². The molecule has 0 spiro atoms. The summed E-state index contributed by atoms with van der Waals surface area (Å²) in [6.45, 7) is 1.21. The van der Waals surface area contributed by atoms with E-state index in [2.05, 4.69) is 10.6 Å². The van der Waals surface area contributed by atoms with Crippen LogP contribution in [0.25, 0.3) is 0 Å². The highest BCUT2D eigenvalue weighted by molar-refractivity contribution is 6.06. The van der Waals surface area contributed by atoms with Gasteiger partial charge >= 0.3 is 0 Å². The van der Waals surface area contributed by atoms with Crippen molar-refractivity contribution >= 4 is 34.8 Å². The molecule has 36 heavy (non-hydrogen) atoms. The number of ether oxygens (including phenoxy) is 3. The molecular formula is C27H25N3O6. The molecule has 0 bridgehead atoms. The third-order valence-corrected chi connectivity index (χ3v) is 6.10. The van der Waals surface area contributed by atoms with Crippen LogP contribution in [0.4, 0.5) is 17.1 Å². The maximum Gasteiger partial charge on any atom is 0.255 e. The first-order valence-electron chi connectivity index (χ1n) is 11.6. The average molecular weight is 488 g/mol. The molecule has 2 aliphatic heterocycles.